The van der Waals surface area contributed by atoms with Crippen LogP contribution in [-0.4, -0.2) is 56.8 Å². The second-order valence-corrected chi connectivity index (χ2v) is 10.2. The van der Waals surface area contributed by atoms with E-state index in [1.54, 1.807) is 6.07 Å². The van der Waals surface area contributed by atoms with Crippen molar-refractivity contribution in [3.8, 4) is 0 Å². The van der Waals surface area contributed by atoms with E-state index >= 15 is 0 Å². The molecule has 8 heteroatoms. The van der Waals surface area contributed by atoms with Crippen LogP contribution in [0.3, 0.4) is 0 Å². The van der Waals surface area contributed by atoms with Crippen molar-refractivity contribution in [3.05, 3.63) is 63.7 Å². The highest BCUT2D eigenvalue weighted by Crippen LogP contribution is 2.27. The molecule has 0 saturated carbocycles. The number of hydrogen-bond donors (Lipinski definition) is 1. The van der Waals surface area contributed by atoms with E-state index in [2.05, 4.69) is 16.3 Å². The van der Waals surface area contributed by atoms with E-state index < -0.39 is 10.0 Å². The van der Waals surface area contributed by atoms with Gasteiger partial charge in [0.1, 0.15) is 4.90 Å². The Morgan fingerprint density at radius 3 is 2.37 bits per heavy atom. The van der Waals surface area contributed by atoms with Crippen molar-refractivity contribution in [1.82, 2.24) is 14.5 Å². The first kappa shape index (κ1) is 22.7. The average molecular weight is 450 g/mol. The van der Waals surface area contributed by atoms with Gasteiger partial charge in [-0.1, -0.05) is 35.4 Å². The van der Waals surface area contributed by atoms with Gasteiger partial charge < -0.3 is 10.2 Å². The van der Waals surface area contributed by atoms with Crippen molar-refractivity contribution in [2.45, 2.75) is 31.7 Å². The molecule has 0 spiro atoms. The van der Waals surface area contributed by atoms with E-state index in [1.807, 2.05) is 40.0 Å². The van der Waals surface area contributed by atoms with Gasteiger partial charge in [0.2, 0.25) is 10.0 Å². The van der Waals surface area contributed by atoms with Crippen LogP contribution >= 0.6 is 11.6 Å². The van der Waals surface area contributed by atoms with E-state index in [4.69, 9.17) is 11.6 Å². The van der Waals surface area contributed by atoms with Crippen LogP contribution in [0.15, 0.2) is 41.3 Å². The van der Waals surface area contributed by atoms with Gasteiger partial charge in [0.15, 0.2) is 0 Å². The lowest BCUT2D eigenvalue weighted by Gasteiger charge is -2.31. The predicted molar refractivity (Wildman–Crippen MR) is 120 cm³/mol. The third-order valence-electron chi connectivity index (χ3n) is 5.51. The van der Waals surface area contributed by atoms with Gasteiger partial charge in [-0.2, -0.15) is 4.31 Å². The van der Waals surface area contributed by atoms with Gasteiger partial charge in [-0.25, -0.2) is 8.42 Å². The Hall–Kier alpha value is -1.93. The maximum atomic E-state index is 13.1. The van der Waals surface area contributed by atoms with Crippen molar-refractivity contribution in [2.24, 2.45) is 0 Å². The van der Waals surface area contributed by atoms with E-state index in [1.165, 1.54) is 16.4 Å². The fourth-order valence-corrected chi connectivity index (χ4v) is 5.60. The Bertz CT molecular complexity index is 1050. The first-order valence-electron chi connectivity index (χ1n) is 9.96. The molecule has 1 aliphatic heterocycles. The summed E-state index contributed by atoms with van der Waals surface area (Å²) in [6.45, 7) is 8.05. The number of halogens is 1. The molecule has 6 nitrogen and oxygen atoms in total. The Morgan fingerprint density at radius 2 is 1.73 bits per heavy atom. The molecule has 0 bridgehead atoms. The van der Waals surface area contributed by atoms with Crippen molar-refractivity contribution in [2.75, 3.05) is 33.2 Å². The Labute approximate surface area is 183 Å². The summed E-state index contributed by atoms with van der Waals surface area (Å²) < 4.78 is 27.6. The number of nitrogens with one attached hydrogen (secondary N) is 1. The summed E-state index contributed by atoms with van der Waals surface area (Å²) in [7, 11) is -1.81. The monoisotopic (exact) mass is 449 g/mol. The van der Waals surface area contributed by atoms with Gasteiger partial charge in [-0.05, 0) is 57.1 Å². The molecule has 0 aliphatic carbocycles. The molecule has 1 saturated heterocycles. The molecule has 2 aromatic carbocycles. The number of nitrogens with zero attached hydrogens (tertiary/aromatic N) is 2. The van der Waals surface area contributed by atoms with Gasteiger partial charge in [-0.3, -0.25) is 4.79 Å². The first-order valence-corrected chi connectivity index (χ1v) is 11.8. The van der Waals surface area contributed by atoms with Gasteiger partial charge in [0.25, 0.3) is 5.91 Å². The number of sulfonamides is 1. The third-order valence-corrected chi connectivity index (χ3v) is 7.89. The lowest BCUT2D eigenvalue weighted by molar-refractivity contribution is 0.0939. The van der Waals surface area contributed by atoms with Crippen LogP contribution in [0, 0.1) is 13.8 Å². The summed E-state index contributed by atoms with van der Waals surface area (Å²) >= 11 is 6.22. The molecule has 1 amide bonds. The maximum absolute atomic E-state index is 13.1. The topological polar surface area (TPSA) is 69.7 Å². The molecule has 2 aromatic rings. The molecule has 162 valence electrons. The van der Waals surface area contributed by atoms with Crippen LogP contribution in [0.2, 0.25) is 5.02 Å². The normalized spacial score (nSPS) is 17.0. The van der Waals surface area contributed by atoms with Crippen molar-refractivity contribution >= 4 is 27.5 Å². The minimum atomic E-state index is -3.77. The van der Waals surface area contributed by atoms with Crippen LogP contribution in [0.5, 0.6) is 0 Å². The molecule has 0 unspecified atom stereocenters. The highest BCUT2D eigenvalue weighted by molar-refractivity contribution is 7.89. The van der Waals surface area contributed by atoms with Crippen molar-refractivity contribution < 1.29 is 13.2 Å². The number of hydrogen-bond acceptors (Lipinski definition) is 4. The molecule has 1 heterocycles. The van der Waals surface area contributed by atoms with Crippen LogP contribution in [0.1, 0.15) is 40.0 Å². The van der Waals surface area contributed by atoms with Crippen molar-refractivity contribution in [1.29, 1.82) is 0 Å². The van der Waals surface area contributed by atoms with Crippen molar-refractivity contribution in [3.63, 3.8) is 0 Å². The van der Waals surface area contributed by atoms with E-state index in [9.17, 15) is 13.2 Å². The minimum absolute atomic E-state index is 0.0273. The summed E-state index contributed by atoms with van der Waals surface area (Å²) in [5.74, 6) is -0.339. The second kappa shape index (κ2) is 9.06. The number of rotatable bonds is 5. The quantitative estimate of drug-likeness (QED) is 0.759. The molecular weight excluding hydrogens is 422 g/mol. The van der Waals surface area contributed by atoms with Crippen LogP contribution in [0.4, 0.5) is 0 Å². The zero-order valence-electron chi connectivity index (χ0n) is 17.8. The highest BCUT2D eigenvalue weighted by Gasteiger charge is 2.30. The number of amides is 1. The molecule has 30 heavy (non-hydrogen) atoms. The lowest BCUT2D eigenvalue weighted by atomic mass is 10.00. The summed E-state index contributed by atoms with van der Waals surface area (Å²) in [4.78, 5) is 14.9. The van der Waals surface area contributed by atoms with Crippen LogP contribution in [0.25, 0.3) is 0 Å². The van der Waals surface area contributed by atoms with Gasteiger partial charge in [0.05, 0.1) is 11.1 Å². The number of piperazine rings is 1. The maximum Gasteiger partial charge on any atom is 0.251 e. The standard InChI is InChI=1S/C22H28ClN3O3S/c1-15-5-7-19(16(2)13-15)17(3)24-22(27)18-6-8-20(23)21(14-18)30(28,29)26-11-9-25(4)10-12-26/h5-8,13-14,17H,9-12H2,1-4H3,(H,24,27)/t17-/m1/s1. The van der Waals surface area contributed by atoms with Gasteiger partial charge >= 0.3 is 0 Å². The zero-order chi connectivity index (χ0) is 22.1. The summed E-state index contributed by atoms with van der Waals surface area (Å²) in [5, 5.41) is 3.08. The third kappa shape index (κ3) is 4.86. The molecule has 1 atom stereocenters. The SMILES string of the molecule is Cc1ccc([C@@H](C)NC(=O)c2ccc(Cl)c(S(=O)(=O)N3CCN(C)CC3)c2)c(C)c1. The molecular formula is C22H28ClN3O3S. The van der Waals surface area contributed by atoms with Crippen LogP contribution in [-0.2, 0) is 10.0 Å². The Kier molecular flexibility index (Phi) is 6.87. The average Bonchev–Trinajstić information content (AvgIpc) is 2.68. The highest BCUT2D eigenvalue weighted by atomic mass is 35.5. The number of benzene rings is 2. The number of aryl methyl sites for hydroxylation is 2. The van der Waals surface area contributed by atoms with Crippen LogP contribution < -0.4 is 5.32 Å². The first-order chi connectivity index (χ1) is 14.1. The predicted octanol–water partition coefficient (Wildman–Crippen LogP) is 3.38. The molecule has 3 rings (SSSR count). The fourth-order valence-electron chi connectivity index (χ4n) is 3.68. The number of likely N-dealkylation sites (N-methyl/N-ethyl adjacent to an activating group) is 1. The molecule has 1 aliphatic rings. The number of carbonyl (C=O) groups is 1. The summed E-state index contributed by atoms with van der Waals surface area (Å²) in [6, 6.07) is 10.3. The van der Waals surface area contributed by atoms with E-state index in [0.717, 1.165) is 16.7 Å². The molecule has 1 fully saturated rings. The van der Waals surface area contributed by atoms with E-state index in [0.29, 0.717) is 26.2 Å². The Morgan fingerprint density at radius 1 is 1.07 bits per heavy atom. The van der Waals surface area contributed by atoms with Gasteiger partial charge in [0, 0.05) is 31.7 Å². The molecule has 0 radical (unpaired) electrons. The smallest absolute Gasteiger partial charge is 0.251 e. The molecule has 0 aromatic heterocycles. The largest absolute Gasteiger partial charge is 0.346 e. The van der Waals surface area contributed by atoms with Gasteiger partial charge in [-0.15, -0.1) is 0 Å². The lowest BCUT2D eigenvalue weighted by Crippen LogP contribution is -2.47. The fraction of sp³-hybridized carbons (Fsp3) is 0.409. The number of carbonyl (C=O) groups excluding carboxylic acids is 1. The Balaban J connectivity index is 1.82. The van der Waals surface area contributed by atoms with E-state index in [-0.39, 0.29) is 27.4 Å². The minimum Gasteiger partial charge on any atom is -0.346 e. The molecule has 1 N–H and O–H groups in total. The summed E-state index contributed by atoms with van der Waals surface area (Å²) in [6.07, 6.45) is 0. The second-order valence-electron chi connectivity index (χ2n) is 7.91. The summed E-state index contributed by atoms with van der Waals surface area (Å²) in [5.41, 5.74) is 3.54. The zero-order valence-corrected chi connectivity index (χ0v) is 19.3.